The van der Waals surface area contributed by atoms with E-state index in [1.807, 2.05) is 18.2 Å². The quantitative estimate of drug-likeness (QED) is 0.353. The second-order valence-corrected chi connectivity index (χ2v) is 7.75. The van der Waals surface area contributed by atoms with Gasteiger partial charge in [-0.05, 0) is 30.3 Å². The lowest BCUT2D eigenvalue weighted by Gasteiger charge is -2.18. The van der Waals surface area contributed by atoms with E-state index in [1.165, 1.54) is 23.5 Å². The van der Waals surface area contributed by atoms with Crippen LogP contribution in [0.15, 0.2) is 78.3 Å². The molecule has 0 radical (unpaired) electrons. The molecule has 4 rings (SSSR count). The lowest BCUT2D eigenvalue weighted by molar-refractivity contribution is -0.146. The first-order valence-corrected chi connectivity index (χ1v) is 10.4. The molecule has 7 heteroatoms. The molecule has 0 saturated carbocycles. The highest BCUT2D eigenvalue weighted by Crippen LogP contribution is 2.31. The summed E-state index contributed by atoms with van der Waals surface area (Å²) in [5.41, 5.74) is 2.43. The summed E-state index contributed by atoms with van der Waals surface area (Å²) in [6.07, 6.45) is 0.779. The van der Waals surface area contributed by atoms with Gasteiger partial charge >= 0.3 is 5.97 Å². The molecule has 2 aromatic heterocycles. The summed E-state index contributed by atoms with van der Waals surface area (Å²) >= 11 is 7.64. The summed E-state index contributed by atoms with van der Waals surface area (Å²) in [7, 11) is 0. The number of nitrogens with zero attached hydrogens (tertiary/aromatic N) is 2. The van der Waals surface area contributed by atoms with Crippen LogP contribution in [0.3, 0.4) is 0 Å². The fraction of sp³-hybridized carbons (Fsp3) is 0.0870. The Labute approximate surface area is 182 Å². The van der Waals surface area contributed by atoms with Gasteiger partial charge in [0.2, 0.25) is 0 Å². The number of ether oxygens (including phenoxy) is 1. The molecule has 0 N–H and O–H groups in total. The number of rotatable bonds is 6. The first kappa shape index (κ1) is 20.2. The third-order valence-electron chi connectivity index (χ3n) is 4.34. The zero-order valence-electron chi connectivity index (χ0n) is 15.7. The number of aromatic nitrogens is 2. The minimum absolute atomic E-state index is 0.0143. The molecular weight excluding hydrogens is 423 g/mol. The molecule has 150 valence electrons. The van der Waals surface area contributed by atoms with Crippen LogP contribution in [-0.4, -0.2) is 15.9 Å². The van der Waals surface area contributed by atoms with Crippen molar-refractivity contribution in [1.82, 2.24) is 9.97 Å². The van der Waals surface area contributed by atoms with Gasteiger partial charge in [-0.3, -0.25) is 9.78 Å². The first-order chi connectivity index (χ1) is 14.6. The zero-order valence-corrected chi connectivity index (χ0v) is 17.2. The van der Waals surface area contributed by atoms with Crippen molar-refractivity contribution < 1.29 is 13.9 Å². The summed E-state index contributed by atoms with van der Waals surface area (Å²) in [6.45, 7) is 0. The van der Waals surface area contributed by atoms with E-state index in [0.29, 0.717) is 22.0 Å². The molecule has 4 nitrogen and oxygen atoms in total. The fourth-order valence-electron chi connectivity index (χ4n) is 2.97. The Morgan fingerprint density at radius 2 is 1.93 bits per heavy atom. The summed E-state index contributed by atoms with van der Waals surface area (Å²) in [5.74, 6) is -0.890. The van der Waals surface area contributed by atoms with Crippen molar-refractivity contribution in [2.24, 2.45) is 0 Å². The lowest BCUT2D eigenvalue weighted by Crippen LogP contribution is -2.16. The van der Waals surface area contributed by atoms with Crippen LogP contribution in [-0.2, 0) is 16.0 Å². The molecule has 1 atom stereocenters. The molecule has 0 bridgehead atoms. The minimum atomic E-state index is -0.809. The molecular formula is C23H16ClFN2O2S. The fourth-order valence-corrected chi connectivity index (χ4v) is 4.11. The van der Waals surface area contributed by atoms with Crippen molar-refractivity contribution in [3.8, 4) is 10.6 Å². The van der Waals surface area contributed by atoms with Crippen LogP contribution < -0.4 is 0 Å². The van der Waals surface area contributed by atoms with E-state index in [-0.39, 0.29) is 6.42 Å². The second kappa shape index (κ2) is 9.15. The van der Waals surface area contributed by atoms with Gasteiger partial charge in [0.05, 0.1) is 22.8 Å². The monoisotopic (exact) mass is 438 g/mol. The Bertz CT molecular complexity index is 1170. The Balaban J connectivity index is 1.53. The highest BCUT2D eigenvalue weighted by atomic mass is 35.5. The van der Waals surface area contributed by atoms with E-state index in [4.69, 9.17) is 16.3 Å². The number of esters is 1. The predicted octanol–water partition coefficient (Wildman–Crippen LogP) is 5.87. The van der Waals surface area contributed by atoms with Crippen LogP contribution >= 0.6 is 22.9 Å². The molecule has 4 aromatic rings. The van der Waals surface area contributed by atoms with Crippen molar-refractivity contribution in [1.29, 1.82) is 0 Å². The van der Waals surface area contributed by atoms with Crippen LogP contribution in [0.25, 0.3) is 10.6 Å². The summed E-state index contributed by atoms with van der Waals surface area (Å²) < 4.78 is 19.4. The number of carbonyl (C=O) groups excluding carboxylic acids is 1. The Morgan fingerprint density at radius 1 is 1.10 bits per heavy atom. The van der Waals surface area contributed by atoms with E-state index >= 15 is 0 Å². The number of carbonyl (C=O) groups is 1. The Morgan fingerprint density at radius 3 is 2.70 bits per heavy atom. The van der Waals surface area contributed by atoms with E-state index in [0.717, 1.165) is 10.6 Å². The highest BCUT2D eigenvalue weighted by Gasteiger charge is 2.22. The van der Waals surface area contributed by atoms with Gasteiger partial charge in [0.15, 0.2) is 6.10 Å². The summed E-state index contributed by atoms with van der Waals surface area (Å²) in [6, 6.07) is 18.7. The van der Waals surface area contributed by atoms with E-state index in [9.17, 15) is 9.18 Å². The molecule has 0 aliphatic heterocycles. The van der Waals surface area contributed by atoms with Gasteiger partial charge < -0.3 is 4.74 Å². The maximum absolute atomic E-state index is 13.7. The molecule has 0 saturated heterocycles. The third kappa shape index (κ3) is 4.72. The van der Waals surface area contributed by atoms with Crippen molar-refractivity contribution in [2.45, 2.75) is 12.5 Å². The Kier molecular flexibility index (Phi) is 6.16. The maximum Gasteiger partial charge on any atom is 0.312 e. The van der Waals surface area contributed by atoms with Crippen molar-refractivity contribution in [2.75, 3.05) is 0 Å². The van der Waals surface area contributed by atoms with Gasteiger partial charge in [-0.15, -0.1) is 11.3 Å². The molecule has 30 heavy (non-hydrogen) atoms. The predicted molar refractivity (Wildman–Crippen MR) is 115 cm³/mol. The van der Waals surface area contributed by atoms with Gasteiger partial charge in [-0.25, -0.2) is 9.37 Å². The maximum atomic E-state index is 13.7. The number of hydrogen-bond donors (Lipinski definition) is 0. The standard InChI is InChI=1S/C23H16ClFN2O2S/c24-19-9-2-1-8-18(19)23-27-17(14-30-23)13-21(28)29-22(20-10-3-4-11-26-20)15-6-5-7-16(25)12-15/h1-12,14,22H,13H2. The molecule has 2 heterocycles. The number of benzene rings is 2. The number of pyridine rings is 1. The topological polar surface area (TPSA) is 52.1 Å². The SMILES string of the molecule is O=C(Cc1csc(-c2ccccc2Cl)n1)OC(c1cccc(F)c1)c1ccccn1. The van der Waals surface area contributed by atoms with Crippen LogP contribution in [0.4, 0.5) is 4.39 Å². The Hall–Kier alpha value is -3.09. The van der Waals surface area contributed by atoms with Crippen LogP contribution in [0.5, 0.6) is 0 Å². The molecule has 0 fully saturated rings. The van der Waals surface area contributed by atoms with E-state index in [2.05, 4.69) is 9.97 Å². The van der Waals surface area contributed by atoms with Crippen molar-refractivity contribution in [3.05, 3.63) is 106 Å². The van der Waals surface area contributed by atoms with Crippen molar-refractivity contribution in [3.63, 3.8) is 0 Å². The molecule has 0 spiro atoms. The van der Waals surface area contributed by atoms with Crippen LogP contribution in [0.1, 0.15) is 23.1 Å². The largest absolute Gasteiger partial charge is 0.451 e. The summed E-state index contributed by atoms with van der Waals surface area (Å²) in [5, 5.41) is 3.13. The van der Waals surface area contributed by atoms with Crippen LogP contribution in [0, 0.1) is 5.82 Å². The lowest BCUT2D eigenvalue weighted by atomic mass is 10.1. The molecule has 2 aromatic carbocycles. The van der Waals surface area contributed by atoms with E-state index in [1.54, 1.807) is 48.0 Å². The van der Waals surface area contributed by atoms with Gasteiger partial charge in [-0.1, -0.05) is 48.0 Å². The van der Waals surface area contributed by atoms with Gasteiger partial charge in [0, 0.05) is 22.7 Å². The van der Waals surface area contributed by atoms with Crippen molar-refractivity contribution >= 4 is 28.9 Å². The normalized spacial score (nSPS) is 11.8. The average Bonchev–Trinajstić information content (AvgIpc) is 3.21. The molecule has 0 aliphatic rings. The van der Waals surface area contributed by atoms with Gasteiger partial charge in [-0.2, -0.15) is 0 Å². The number of hydrogen-bond acceptors (Lipinski definition) is 5. The molecule has 0 amide bonds. The average molecular weight is 439 g/mol. The van der Waals surface area contributed by atoms with Crippen LogP contribution in [0.2, 0.25) is 5.02 Å². The second-order valence-electron chi connectivity index (χ2n) is 6.48. The smallest absolute Gasteiger partial charge is 0.312 e. The zero-order chi connectivity index (χ0) is 20.9. The van der Waals surface area contributed by atoms with Gasteiger partial charge in [0.1, 0.15) is 10.8 Å². The first-order valence-electron chi connectivity index (χ1n) is 9.15. The summed E-state index contributed by atoms with van der Waals surface area (Å²) in [4.78, 5) is 21.4. The highest BCUT2D eigenvalue weighted by molar-refractivity contribution is 7.13. The minimum Gasteiger partial charge on any atom is -0.451 e. The molecule has 1 unspecified atom stereocenters. The van der Waals surface area contributed by atoms with Gasteiger partial charge in [0.25, 0.3) is 0 Å². The number of halogens is 2. The number of thiazole rings is 1. The molecule has 0 aliphatic carbocycles. The van der Waals surface area contributed by atoms with E-state index < -0.39 is 17.9 Å². The third-order valence-corrected chi connectivity index (χ3v) is 5.59.